The quantitative estimate of drug-likeness (QED) is 0.272. The van der Waals surface area contributed by atoms with Gasteiger partial charge in [0.2, 0.25) is 5.78 Å². The van der Waals surface area contributed by atoms with Gasteiger partial charge in [0.1, 0.15) is 25.0 Å². The minimum absolute atomic E-state index is 0. The summed E-state index contributed by atoms with van der Waals surface area (Å²) in [5.41, 5.74) is 2.11. The highest BCUT2D eigenvalue weighted by Gasteiger charge is 2.10. The topological polar surface area (TPSA) is 123 Å². The highest BCUT2D eigenvalue weighted by Crippen LogP contribution is 2.11. The van der Waals surface area contributed by atoms with Crippen LogP contribution in [0.5, 0.6) is 0 Å². The first kappa shape index (κ1) is 37.8. The smallest absolute Gasteiger partial charge is 0.287 e. The molecule has 0 spiro atoms. The van der Waals surface area contributed by atoms with Crippen molar-refractivity contribution < 1.29 is 33.9 Å². The molecule has 37 heavy (non-hydrogen) atoms. The molecule has 0 aliphatic heterocycles. The van der Waals surface area contributed by atoms with Crippen LogP contribution in [-0.4, -0.2) is 40.8 Å². The third-order valence-electron chi connectivity index (χ3n) is 3.65. The number of carbonyl (C=O) groups is 6. The maximum atomic E-state index is 10.7. The average molecular weight is 547 g/mol. The van der Waals surface area contributed by atoms with E-state index in [0.717, 1.165) is 36.9 Å². The van der Waals surface area contributed by atoms with E-state index < -0.39 is 17.1 Å². The van der Waals surface area contributed by atoms with E-state index in [9.17, 15) is 29.1 Å². The number of benzene rings is 3. The molecule has 3 rings (SSSR count). The molecule has 3 aromatic carbocycles. The summed E-state index contributed by atoms with van der Waals surface area (Å²) in [6, 6.07) is 27.1. The molecule has 0 fully saturated rings. The maximum absolute atomic E-state index is 10.7. The summed E-state index contributed by atoms with van der Waals surface area (Å²) < 4.78 is 0. The zero-order valence-corrected chi connectivity index (χ0v) is 22.5. The van der Waals surface area contributed by atoms with E-state index in [1.165, 1.54) is 13.8 Å². The molecule has 9 heteroatoms. The zero-order valence-electron chi connectivity index (χ0n) is 20.7. The van der Waals surface area contributed by atoms with Crippen LogP contribution in [0.3, 0.4) is 0 Å². The number of hydrogen-bond donors (Lipinski definition) is 1. The molecule has 1 atom stereocenters. The van der Waals surface area contributed by atoms with Gasteiger partial charge in [0.05, 0.1) is 0 Å². The lowest BCUT2D eigenvalue weighted by molar-refractivity contribution is -0.130. The number of aliphatic hydroxyl groups is 1. The molecule has 0 saturated heterocycles. The van der Waals surface area contributed by atoms with Crippen LogP contribution < -0.4 is 0 Å². The van der Waals surface area contributed by atoms with Gasteiger partial charge < -0.3 is 9.90 Å². The lowest BCUT2D eigenvalue weighted by Gasteiger charge is -2.04. The van der Waals surface area contributed by atoms with Gasteiger partial charge in [-0.2, -0.15) is 13.5 Å². The second-order valence-electron chi connectivity index (χ2n) is 6.55. The normalized spacial score (nSPS) is 9.00. The van der Waals surface area contributed by atoms with Gasteiger partial charge in [-0.1, -0.05) is 91.0 Å². The summed E-state index contributed by atoms with van der Waals surface area (Å²) in [5, 5.41) is 8.34. The Kier molecular flexibility index (Phi) is 25.9. The second kappa shape index (κ2) is 25.4. The molecule has 0 radical (unpaired) electrons. The number of carbonyl (C=O) groups excluding carboxylic acids is 6. The molecule has 0 unspecified atom stereocenters. The zero-order chi connectivity index (χ0) is 27.8. The molecular weight excluding hydrogens is 516 g/mol. The van der Waals surface area contributed by atoms with Gasteiger partial charge in [-0.25, -0.2) is 0 Å². The van der Waals surface area contributed by atoms with Gasteiger partial charge in [0, 0.05) is 18.1 Å². The van der Waals surface area contributed by atoms with Gasteiger partial charge in [0.25, 0.3) is 5.24 Å². The number of hydrogen-bond acceptors (Lipinski definition) is 7. The monoisotopic (exact) mass is 546 g/mol. The lowest BCUT2D eigenvalue weighted by Crippen LogP contribution is -2.06. The highest BCUT2D eigenvalue weighted by molar-refractivity contribution is 7.59. The van der Waals surface area contributed by atoms with Crippen molar-refractivity contribution >= 4 is 60.8 Å². The number of Topliss-reactive ketones (excluding diaryl/α,β-unsaturated/α-hetero) is 2. The number of ketones is 2. The molecule has 0 heterocycles. The average Bonchev–Trinajstić information content (AvgIpc) is 2.91. The third-order valence-corrected chi connectivity index (χ3v) is 3.91. The van der Waals surface area contributed by atoms with Crippen LogP contribution in [0.2, 0.25) is 0 Å². The number of rotatable bonds is 5. The molecule has 0 aliphatic carbocycles. The number of halogens is 1. The van der Waals surface area contributed by atoms with E-state index in [1.54, 1.807) is 48.5 Å². The Morgan fingerprint density at radius 2 is 0.973 bits per heavy atom. The van der Waals surface area contributed by atoms with E-state index in [0.29, 0.717) is 5.56 Å². The van der Waals surface area contributed by atoms with Gasteiger partial charge in [-0.3, -0.25) is 24.0 Å². The Balaban J connectivity index is -0.000000406. The van der Waals surface area contributed by atoms with E-state index in [1.807, 2.05) is 42.5 Å². The Morgan fingerprint density at radius 3 is 1.16 bits per heavy atom. The fourth-order valence-electron chi connectivity index (χ4n) is 1.93. The van der Waals surface area contributed by atoms with Crippen molar-refractivity contribution in [3.8, 4) is 0 Å². The summed E-state index contributed by atoms with van der Waals surface area (Å²) in [6.07, 6.45) is 1.45. The first-order valence-corrected chi connectivity index (χ1v) is 10.9. The molecule has 0 aromatic heterocycles. The summed E-state index contributed by atoms with van der Waals surface area (Å²) in [5.74, 6) is -0.840. The van der Waals surface area contributed by atoms with Crippen molar-refractivity contribution in [1.29, 1.82) is 0 Å². The predicted octanol–water partition coefficient (Wildman–Crippen LogP) is 4.97. The van der Waals surface area contributed by atoms with Crippen LogP contribution in [0.1, 0.15) is 53.2 Å². The molecule has 198 valence electrons. The van der Waals surface area contributed by atoms with Crippen molar-refractivity contribution in [2.75, 3.05) is 0 Å². The van der Waals surface area contributed by atoms with Crippen LogP contribution in [0.25, 0.3) is 0 Å². The minimum atomic E-state index is -0.962. The van der Waals surface area contributed by atoms with Gasteiger partial charge in [-0.15, -0.1) is 0 Å². The Labute approximate surface area is 228 Å². The predicted molar refractivity (Wildman–Crippen MR) is 149 cm³/mol. The summed E-state index contributed by atoms with van der Waals surface area (Å²) in [4.78, 5) is 58.7. The molecule has 0 saturated carbocycles. The molecule has 7 nitrogen and oxygen atoms in total. The van der Waals surface area contributed by atoms with Gasteiger partial charge >= 0.3 is 0 Å². The largest absolute Gasteiger partial charge is 0.381 e. The van der Waals surface area contributed by atoms with Crippen molar-refractivity contribution in [3.05, 3.63) is 108 Å². The minimum Gasteiger partial charge on any atom is -0.381 e. The number of aldehydes is 3. The Bertz CT molecular complexity index is 988. The highest BCUT2D eigenvalue weighted by atomic mass is 35.5. The second-order valence-corrected chi connectivity index (χ2v) is 6.89. The SMILES string of the molecule is CC(=O)C(=O)Cl.CC(=O)[C@@H](O)c1ccccc1.CC=O.O=Cc1ccccc1.O=Cc1ccccc1.S. The van der Waals surface area contributed by atoms with E-state index in [4.69, 9.17) is 4.79 Å². The van der Waals surface area contributed by atoms with Gasteiger partial charge in [-0.05, 0) is 31.0 Å². The standard InChI is InChI=1S/C9H10O2.2C7H6O.C3H3ClO2.C2H4O.H2S/c1-7(10)9(11)8-5-3-2-4-6-8;2*8-6-7-4-2-1-3-5-7;1-2(5)3(4)6;1-2-3;/h2-6,9,11H,1H3;2*1-6H;1H3;2H,1H3;1H2/t9-;;;;;/m1...../s1. The van der Waals surface area contributed by atoms with Crippen LogP contribution in [0, 0.1) is 0 Å². The van der Waals surface area contributed by atoms with E-state index >= 15 is 0 Å². The van der Waals surface area contributed by atoms with Gasteiger partial charge in [0.15, 0.2) is 5.78 Å². The molecule has 1 N–H and O–H groups in total. The van der Waals surface area contributed by atoms with Crippen LogP contribution in [-0.2, 0) is 19.2 Å². The molecule has 3 aromatic rings. The van der Waals surface area contributed by atoms with E-state index in [-0.39, 0.29) is 19.3 Å². The van der Waals surface area contributed by atoms with Crippen molar-refractivity contribution in [2.45, 2.75) is 26.9 Å². The summed E-state index contributed by atoms with van der Waals surface area (Å²) in [6.45, 7) is 3.94. The summed E-state index contributed by atoms with van der Waals surface area (Å²) in [7, 11) is 0. The fraction of sp³-hybridized carbons (Fsp3) is 0.143. The van der Waals surface area contributed by atoms with Crippen LogP contribution >= 0.6 is 25.1 Å². The maximum Gasteiger partial charge on any atom is 0.287 e. The van der Waals surface area contributed by atoms with Crippen LogP contribution in [0.4, 0.5) is 0 Å². The van der Waals surface area contributed by atoms with E-state index in [2.05, 4.69) is 11.6 Å². The fourth-order valence-corrected chi connectivity index (χ4v) is 1.93. The third kappa shape index (κ3) is 22.5. The first-order valence-electron chi connectivity index (χ1n) is 10.5. The molecular formula is C28H31ClO7S. The van der Waals surface area contributed by atoms with Crippen molar-refractivity contribution in [2.24, 2.45) is 0 Å². The molecule has 0 amide bonds. The Hall–Kier alpha value is -3.72. The van der Waals surface area contributed by atoms with Crippen LogP contribution in [0.15, 0.2) is 91.0 Å². The lowest BCUT2D eigenvalue weighted by atomic mass is 10.1. The number of aliphatic hydroxyl groups excluding tert-OH is 1. The Morgan fingerprint density at radius 1 is 0.703 bits per heavy atom. The first-order chi connectivity index (χ1) is 17.1. The summed E-state index contributed by atoms with van der Waals surface area (Å²) >= 11 is 4.62. The molecule has 0 aliphatic rings. The van der Waals surface area contributed by atoms with Crippen molar-refractivity contribution in [3.63, 3.8) is 0 Å². The molecule has 0 bridgehead atoms. The van der Waals surface area contributed by atoms with Crippen molar-refractivity contribution in [1.82, 2.24) is 0 Å².